The highest BCUT2D eigenvalue weighted by Gasteiger charge is 2.33. The van der Waals surface area contributed by atoms with Gasteiger partial charge in [-0.25, -0.2) is 9.78 Å². The number of aromatic carboxylic acids is 1. The Morgan fingerprint density at radius 1 is 1.45 bits per heavy atom. The first-order valence-corrected chi connectivity index (χ1v) is 7.09. The van der Waals surface area contributed by atoms with Crippen LogP contribution >= 0.6 is 0 Å². The average molecular weight is 272 g/mol. The number of imidazole rings is 1. The Bertz CT molecular complexity index is 685. The predicted octanol–water partition coefficient (Wildman–Crippen LogP) is 3.79. The topological polar surface area (TPSA) is 55.1 Å². The number of hydrogen-bond donors (Lipinski definition) is 1. The van der Waals surface area contributed by atoms with E-state index in [4.69, 9.17) is 5.11 Å². The van der Waals surface area contributed by atoms with Gasteiger partial charge >= 0.3 is 5.97 Å². The lowest BCUT2D eigenvalue weighted by Crippen LogP contribution is -2.10. The summed E-state index contributed by atoms with van der Waals surface area (Å²) < 4.78 is 2.29. The minimum atomic E-state index is -0.902. The van der Waals surface area contributed by atoms with E-state index in [1.54, 1.807) is 12.1 Å². The number of rotatable bonds is 2. The minimum absolute atomic E-state index is 0.300. The molecule has 1 fully saturated rings. The Balaban J connectivity index is 2.08. The van der Waals surface area contributed by atoms with Crippen molar-refractivity contribution in [1.29, 1.82) is 0 Å². The van der Waals surface area contributed by atoms with E-state index < -0.39 is 5.97 Å². The second-order valence-corrected chi connectivity index (χ2v) is 6.60. The second-order valence-electron chi connectivity index (χ2n) is 6.60. The van der Waals surface area contributed by atoms with Gasteiger partial charge in [-0.1, -0.05) is 13.8 Å². The SMILES string of the molecule is Cc1nc2cc(C(=O)O)ccc2n1C1CCC(C)(C)C1. The maximum absolute atomic E-state index is 11.0. The van der Waals surface area contributed by atoms with Crippen LogP contribution in [0.4, 0.5) is 0 Å². The van der Waals surface area contributed by atoms with Crippen LogP contribution in [-0.4, -0.2) is 20.6 Å². The number of nitrogens with zero attached hydrogens (tertiary/aromatic N) is 2. The number of aryl methyl sites for hydroxylation is 1. The molecule has 1 N–H and O–H groups in total. The number of carboxylic acids is 1. The lowest BCUT2D eigenvalue weighted by Gasteiger charge is -2.19. The van der Waals surface area contributed by atoms with Gasteiger partial charge in [0.25, 0.3) is 0 Å². The van der Waals surface area contributed by atoms with Crippen LogP contribution in [0.15, 0.2) is 18.2 Å². The molecule has 1 aliphatic carbocycles. The van der Waals surface area contributed by atoms with E-state index in [9.17, 15) is 4.79 Å². The van der Waals surface area contributed by atoms with E-state index in [1.807, 2.05) is 13.0 Å². The molecule has 4 heteroatoms. The molecule has 1 heterocycles. The van der Waals surface area contributed by atoms with Crippen molar-refractivity contribution < 1.29 is 9.90 Å². The monoisotopic (exact) mass is 272 g/mol. The number of aromatic nitrogens is 2. The number of carbonyl (C=O) groups is 1. The van der Waals surface area contributed by atoms with Crippen molar-refractivity contribution in [2.45, 2.75) is 46.1 Å². The lowest BCUT2D eigenvalue weighted by molar-refractivity contribution is 0.0697. The Kier molecular flexibility index (Phi) is 2.85. The molecule has 1 atom stereocenters. The van der Waals surface area contributed by atoms with Gasteiger partial charge in [-0.2, -0.15) is 0 Å². The van der Waals surface area contributed by atoms with Crippen LogP contribution in [0.25, 0.3) is 11.0 Å². The molecule has 1 aliphatic rings. The molecule has 1 aromatic carbocycles. The number of hydrogen-bond acceptors (Lipinski definition) is 2. The van der Waals surface area contributed by atoms with Crippen LogP contribution in [0.5, 0.6) is 0 Å². The maximum atomic E-state index is 11.0. The van der Waals surface area contributed by atoms with Gasteiger partial charge in [0.1, 0.15) is 5.82 Å². The summed E-state index contributed by atoms with van der Waals surface area (Å²) in [6, 6.07) is 5.71. The summed E-state index contributed by atoms with van der Waals surface area (Å²) >= 11 is 0. The molecule has 0 saturated heterocycles. The molecule has 106 valence electrons. The molecule has 0 amide bonds. The highest BCUT2D eigenvalue weighted by molar-refractivity contribution is 5.92. The Hall–Kier alpha value is -1.84. The highest BCUT2D eigenvalue weighted by atomic mass is 16.4. The van der Waals surface area contributed by atoms with E-state index in [1.165, 1.54) is 12.8 Å². The molecule has 0 bridgehead atoms. The van der Waals surface area contributed by atoms with Gasteiger partial charge in [-0.05, 0) is 49.8 Å². The zero-order chi connectivity index (χ0) is 14.5. The minimum Gasteiger partial charge on any atom is -0.478 e. The van der Waals surface area contributed by atoms with Crippen molar-refractivity contribution >= 4 is 17.0 Å². The summed E-state index contributed by atoms with van der Waals surface area (Å²) in [5.74, 6) is 0.0753. The van der Waals surface area contributed by atoms with Gasteiger partial charge in [0.05, 0.1) is 16.6 Å². The van der Waals surface area contributed by atoms with E-state index in [0.29, 0.717) is 17.0 Å². The van der Waals surface area contributed by atoms with Crippen LogP contribution < -0.4 is 0 Å². The van der Waals surface area contributed by atoms with Gasteiger partial charge in [-0.15, -0.1) is 0 Å². The first-order valence-electron chi connectivity index (χ1n) is 7.09. The van der Waals surface area contributed by atoms with Gasteiger partial charge in [0.15, 0.2) is 0 Å². The van der Waals surface area contributed by atoms with Crippen LogP contribution in [0, 0.1) is 12.3 Å². The first-order chi connectivity index (χ1) is 9.37. The molecule has 20 heavy (non-hydrogen) atoms. The molecule has 0 aliphatic heterocycles. The van der Waals surface area contributed by atoms with Crippen molar-refractivity contribution in [2.75, 3.05) is 0 Å². The Morgan fingerprint density at radius 2 is 2.20 bits per heavy atom. The molecular formula is C16H20N2O2. The molecule has 0 spiro atoms. The largest absolute Gasteiger partial charge is 0.478 e. The summed E-state index contributed by atoms with van der Waals surface area (Å²) in [5.41, 5.74) is 2.52. The maximum Gasteiger partial charge on any atom is 0.335 e. The van der Waals surface area contributed by atoms with E-state index in [0.717, 1.165) is 23.3 Å². The van der Waals surface area contributed by atoms with Crippen molar-refractivity contribution in [3.63, 3.8) is 0 Å². The number of benzene rings is 1. The Labute approximate surface area is 118 Å². The third kappa shape index (κ3) is 2.09. The number of carboxylic acid groups (broad SMARTS) is 1. The summed E-state index contributed by atoms with van der Waals surface area (Å²) in [6.45, 7) is 6.62. The van der Waals surface area contributed by atoms with Crippen LogP contribution in [0.2, 0.25) is 0 Å². The lowest BCUT2D eigenvalue weighted by atomic mass is 9.92. The van der Waals surface area contributed by atoms with Gasteiger partial charge in [0.2, 0.25) is 0 Å². The van der Waals surface area contributed by atoms with Gasteiger partial charge in [-0.3, -0.25) is 0 Å². The quantitative estimate of drug-likeness (QED) is 0.904. The third-order valence-corrected chi connectivity index (χ3v) is 4.42. The highest BCUT2D eigenvalue weighted by Crippen LogP contribution is 2.44. The zero-order valence-corrected chi connectivity index (χ0v) is 12.2. The van der Waals surface area contributed by atoms with Crippen molar-refractivity contribution in [2.24, 2.45) is 5.41 Å². The number of fused-ring (bicyclic) bond motifs is 1. The van der Waals surface area contributed by atoms with Crippen LogP contribution in [0.1, 0.15) is 55.3 Å². The molecule has 1 unspecified atom stereocenters. The third-order valence-electron chi connectivity index (χ3n) is 4.42. The molecule has 0 radical (unpaired) electrons. The molecule has 4 nitrogen and oxygen atoms in total. The molecule has 1 aromatic heterocycles. The van der Waals surface area contributed by atoms with Crippen LogP contribution in [-0.2, 0) is 0 Å². The fourth-order valence-corrected chi connectivity index (χ4v) is 3.43. The van der Waals surface area contributed by atoms with E-state index in [2.05, 4.69) is 23.4 Å². The second kappa shape index (κ2) is 4.33. The standard InChI is InChI=1S/C16H20N2O2/c1-10-17-13-8-11(15(19)20)4-5-14(13)18(10)12-6-7-16(2,3)9-12/h4-5,8,12H,6-7,9H2,1-3H3,(H,19,20). The molecular weight excluding hydrogens is 252 g/mol. The summed E-state index contributed by atoms with van der Waals surface area (Å²) in [6.07, 6.45) is 3.55. The van der Waals surface area contributed by atoms with Crippen molar-refractivity contribution in [3.05, 3.63) is 29.6 Å². The average Bonchev–Trinajstić information content (AvgIpc) is 2.86. The predicted molar refractivity (Wildman–Crippen MR) is 78.1 cm³/mol. The molecule has 3 rings (SSSR count). The van der Waals surface area contributed by atoms with Crippen molar-refractivity contribution in [1.82, 2.24) is 9.55 Å². The fourth-order valence-electron chi connectivity index (χ4n) is 3.43. The first kappa shape index (κ1) is 13.2. The zero-order valence-electron chi connectivity index (χ0n) is 12.2. The van der Waals surface area contributed by atoms with Crippen molar-refractivity contribution in [3.8, 4) is 0 Å². The summed E-state index contributed by atoms with van der Waals surface area (Å²) in [5, 5.41) is 9.07. The summed E-state index contributed by atoms with van der Waals surface area (Å²) in [4.78, 5) is 15.6. The molecule has 1 saturated carbocycles. The van der Waals surface area contributed by atoms with Gasteiger partial charge < -0.3 is 9.67 Å². The normalized spacial score (nSPS) is 21.4. The Morgan fingerprint density at radius 3 is 2.80 bits per heavy atom. The molecule has 2 aromatic rings. The van der Waals surface area contributed by atoms with Gasteiger partial charge in [0, 0.05) is 6.04 Å². The summed E-state index contributed by atoms with van der Waals surface area (Å²) in [7, 11) is 0. The fraction of sp³-hybridized carbons (Fsp3) is 0.500. The smallest absolute Gasteiger partial charge is 0.335 e. The van der Waals surface area contributed by atoms with Crippen LogP contribution in [0.3, 0.4) is 0 Å². The van der Waals surface area contributed by atoms with E-state index >= 15 is 0 Å². The van der Waals surface area contributed by atoms with E-state index in [-0.39, 0.29) is 0 Å².